The number of amides is 2. The number of carbonyl (C=O) groups excluding carboxylic acids is 2. The number of hydrogen-bond acceptors (Lipinski definition) is 7. The first-order valence-corrected chi connectivity index (χ1v) is 13.6. The lowest BCUT2D eigenvalue weighted by atomic mass is 10.0. The van der Waals surface area contributed by atoms with Gasteiger partial charge >= 0.3 is 0 Å². The highest BCUT2D eigenvalue weighted by Crippen LogP contribution is 2.38. The van der Waals surface area contributed by atoms with E-state index < -0.39 is 11.7 Å². The Labute approximate surface area is 229 Å². The second-order valence-corrected chi connectivity index (χ2v) is 11.6. The molecule has 1 N–H and O–H groups in total. The fraction of sp³-hybridized carbons (Fsp3) is 0.269. The summed E-state index contributed by atoms with van der Waals surface area (Å²) >= 11 is 0. The third-order valence-corrected chi connectivity index (χ3v) is 7.21. The molecule has 2 unspecified atom stereocenters. The second kappa shape index (κ2) is 11.2. The summed E-state index contributed by atoms with van der Waals surface area (Å²) in [5.74, 6) is -0.474. The van der Waals surface area contributed by atoms with Crippen molar-refractivity contribution in [3.05, 3.63) is 77.5 Å². The van der Waals surface area contributed by atoms with E-state index in [-0.39, 0.29) is 28.6 Å². The van der Waals surface area contributed by atoms with Gasteiger partial charge in [0.25, 0.3) is 5.91 Å². The third kappa shape index (κ3) is 5.70. The van der Waals surface area contributed by atoms with Gasteiger partial charge in [0, 0.05) is 47.6 Å². The summed E-state index contributed by atoms with van der Waals surface area (Å²) in [6, 6.07) is 3.55. The number of hydrogen-bond donors (Lipinski definition) is 1. The molecule has 1 aromatic carbocycles. The molecule has 3 atom stereocenters. The molecule has 39 heavy (non-hydrogen) atoms. The van der Waals surface area contributed by atoms with E-state index in [2.05, 4.69) is 48.8 Å². The summed E-state index contributed by atoms with van der Waals surface area (Å²) < 4.78 is 16.7. The smallest absolute Gasteiger partial charge is 0.275 e. The fourth-order valence-corrected chi connectivity index (χ4v) is 4.87. The van der Waals surface area contributed by atoms with Crippen LogP contribution < -0.4 is 10.2 Å². The van der Waals surface area contributed by atoms with Crippen molar-refractivity contribution in [2.75, 3.05) is 16.8 Å². The van der Waals surface area contributed by atoms with E-state index in [0.717, 1.165) is 17.5 Å². The van der Waals surface area contributed by atoms with Crippen LogP contribution in [0.1, 0.15) is 45.9 Å². The number of anilines is 2. The number of benzene rings is 1. The highest BCUT2D eigenvalue weighted by molar-refractivity contribution is 7.37. The van der Waals surface area contributed by atoms with Gasteiger partial charge in [0.05, 0.1) is 36.5 Å². The molecular formula is C26H27FN8O2P2. The number of aryl methyl sites for hydroxylation is 1. The van der Waals surface area contributed by atoms with E-state index in [9.17, 15) is 9.59 Å². The monoisotopic (exact) mass is 564 g/mol. The maximum absolute atomic E-state index is 15.1. The number of aromatic nitrogens is 6. The van der Waals surface area contributed by atoms with Crippen molar-refractivity contribution < 1.29 is 14.0 Å². The summed E-state index contributed by atoms with van der Waals surface area (Å²) in [5, 5.41) is 6.95. The van der Waals surface area contributed by atoms with Gasteiger partial charge in [0.15, 0.2) is 0 Å². The molecule has 1 aliphatic rings. The summed E-state index contributed by atoms with van der Waals surface area (Å²) in [6.45, 7) is 4.57. The maximum atomic E-state index is 15.1. The quantitative estimate of drug-likeness (QED) is 0.337. The average Bonchev–Trinajstić information content (AvgIpc) is 3.51. The summed E-state index contributed by atoms with van der Waals surface area (Å²) in [6.07, 6.45) is 10.1. The zero-order valence-corrected chi connectivity index (χ0v) is 23.7. The molecule has 4 heterocycles. The Morgan fingerprint density at radius 2 is 1.95 bits per heavy atom. The molecule has 3 aromatic heterocycles. The van der Waals surface area contributed by atoms with Gasteiger partial charge < -0.3 is 5.32 Å². The lowest BCUT2D eigenvalue weighted by Gasteiger charge is -2.15. The van der Waals surface area contributed by atoms with Crippen LogP contribution >= 0.6 is 18.5 Å². The predicted octanol–water partition coefficient (Wildman–Crippen LogP) is 4.00. The topological polar surface area (TPSA) is 119 Å². The van der Waals surface area contributed by atoms with E-state index in [1.165, 1.54) is 18.6 Å². The van der Waals surface area contributed by atoms with Gasteiger partial charge in [-0.3, -0.25) is 24.2 Å². The van der Waals surface area contributed by atoms with Crippen molar-refractivity contribution in [2.24, 2.45) is 5.92 Å². The Balaban J connectivity index is 1.28. The van der Waals surface area contributed by atoms with E-state index >= 15 is 4.39 Å². The highest BCUT2D eigenvalue weighted by Gasteiger charge is 2.30. The minimum Gasteiger partial charge on any atom is -0.318 e. The molecule has 200 valence electrons. The summed E-state index contributed by atoms with van der Waals surface area (Å²) in [7, 11) is 5.24. The summed E-state index contributed by atoms with van der Waals surface area (Å²) in [4.78, 5) is 44.0. The summed E-state index contributed by atoms with van der Waals surface area (Å²) in [5.41, 5.74) is 3.09. The molecule has 1 fully saturated rings. The second-order valence-electron chi connectivity index (χ2n) is 9.43. The first-order chi connectivity index (χ1) is 18.7. The van der Waals surface area contributed by atoms with Crippen molar-refractivity contribution in [1.82, 2.24) is 29.7 Å². The Hall–Kier alpha value is -3.68. The number of nitrogens with one attached hydrogen (secondary N) is 1. The SMILES string of the molecule is Cc1ccc(C(P)P)c(-c2cncc(C(=O)Nc3cnn(Cc4cnc(N5CC[C@@H](C)C5=O)nc4)c3)n2)c1F. The largest absolute Gasteiger partial charge is 0.318 e. The van der Waals surface area contributed by atoms with E-state index in [4.69, 9.17) is 0 Å². The van der Waals surface area contributed by atoms with Crippen LogP contribution in [-0.2, 0) is 11.3 Å². The zero-order valence-electron chi connectivity index (χ0n) is 21.4. The fourth-order valence-electron chi connectivity index (χ4n) is 4.32. The Morgan fingerprint density at radius 1 is 1.18 bits per heavy atom. The first-order valence-electron chi connectivity index (χ1n) is 12.3. The Bertz CT molecular complexity index is 1540. The Morgan fingerprint density at radius 3 is 2.64 bits per heavy atom. The Kier molecular flexibility index (Phi) is 7.73. The van der Waals surface area contributed by atoms with Gasteiger partial charge in [0.1, 0.15) is 11.5 Å². The van der Waals surface area contributed by atoms with Crippen molar-refractivity contribution in [1.29, 1.82) is 0 Å². The number of rotatable bonds is 7. The predicted molar refractivity (Wildman–Crippen MR) is 152 cm³/mol. The van der Waals surface area contributed by atoms with Gasteiger partial charge in [-0.25, -0.2) is 19.3 Å². The van der Waals surface area contributed by atoms with Crippen LogP contribution in [0.25, 0.3) is 11.3 Å². The van der Waals surface area contributed by atoms with Crippen LogP contribution in [0.2, 0.25) is 0 Å². The molecule has 4 aromatic rings. The van der Waals surface area contributed by atoms with Crippen LogP contribution in [0.15, 0.2) is 49.3 Å². The zero-order chi connectivity index (χ0) is 27.7. The number of nitrogens with zero attached hydrogens (tertiary/aromatic N) is 7. The molecule has 0 bridgehead atoms. The third-order valence-electron chi connectivity index (χ3n) is 6.49. The van der Waals surface area contributed by atoms with Gasteiger partial charge in [-0.15, -0.1) is 18.5 Å². The average molecular weight is 565 g/mol. The molecule has 2 amide bonds. The van der Waals surface area contributed by atoms with E-state index in [1.807, 2.05) is 13.0 Å². The van der Waals surface area contributed by atoms with Crippen LogP contribution in [0.3, 0.4) is 0 Å². The van der Waals surface area contributed by atoms with Crippen LogP contribution in [0.5, 0.6) is 0 Å². The lowest BCUT2D eigenvalue weighted by molar-refractivity contribution is -0.119. The molecule has 0 aliphatic carbocycles. The van der Waals surface area contributed by atoms with E-state index in [1.54, 1.807) is 41.2 Å². The number of halogens is 1. The molecule has 0 spiro atoms. The van der Waals surface area contributed by atoms with Crippen LogP contribution in [-0.4, -0.2) is 48.1 Å². The van der Waals surface area contributed by atoms with Crippen molar-refractivity contribution in [3.8, 4) is 11.3 Å². The molecule has 10 nitrogen and oxygen atoms in total. The molecular weight excluding hydrogens is 537 g/mol. The van der Waals surface area contributed by atoms with E-state index in [0.29, 0.717) is 35.9 Å². The van der Waals surface area contributed by atoms with Crippen molar-refractivity contribution >= 4 is 41.9 Å². The highest BCUT2D eigenvalue weighted by atomic mass is 31.1. The minimum atomic E-state index is -0.496. The normalized spacial score (nSPS) is 15.3. The van der Waals surface area contributed by atoms with Gasteiger partial charge in [0.2, 0.25) is 11.9 Å². The maximum Gasteiger partial charge on any atom is 0.275 e. The molecule has 1 saturated heterocycles. The van der Waals surface area contributed by atoms with Crippen molar-refractivity contribution in [3.63, 3.8) is 0 Å². The minimum absolute atomic E-state index is 0.0150. The first kappa shape index (κ1) is 26.9. The number of carbonyl (C=O) groups is 2. The lowest BCUT2D eigenvalue weighted by Crippen LogP contribution is -2.28. The standard InChI is InChI=1S/C26H27FN8O2P2/c1-14-3-4-18(25(38)39)21(22(14)27)19-10-28-11-20(33-19)23(36)32-17-9-31-34(13-17)12-16-7-29-26(30-8-16)35-6-5-15(2)24(35)37/h3-4,7-11,13,15,25H,5-6,12,38-39H2,1-2H3,(H,32,36)/t15-/m1/s1. The molecule has 13 heteroatoms. The molecule has 0 saturated carbocycles. The van der Waals surface area contributed by atoms with Crippen LogP contribution in [0.4, 0.5) is 16.0 Å². The van der Waals surface area contributed by atoms with Gasteiger partial charge in [-0.05, 0) is 24.5 Å². The van der Waals surface area contributed by atoms with Gasteiger partial charge in [-0.1, -0.05) is 19.1 Å². The molecule has 0 radical (unpaired) electrons. The molecule has 5 rings (SSSR count). The molecule has 1 aliphatic heterocycles. The van der Waals surface area contributed by atoms with Crippen LogP contribution in [0, 0.1) is 18.7 Å². The van der Waals surface area contributed by atoms with Crippen molar-refractivity contribution in [2.45, 2.75) is 32.2 Å². The van der Waals surface area contributed by atoms with Gasteiger partial charge in [-0.2, -0.15) is 5.10 Å².